The molecule has 0 radical (unpaired) electrons. The number of nitrogens with one attached hydrogen (secondary N) is 1. The van der Waals surface area contributed by atoms with E-state index in [-0.39, 0.29) is 12.0 Å². The summed E-state index contributed by atoms with van der Waals surface area (Å²) in [5.41, 5.74) is 3.67. The normalized spacial score (nSPS) is 16.3. The van der Waals surface area contributed by atoms with Gasteiger partial charge < -0.3 is 10.1 Å². The Morgan fingerprint density at radius 3 is 3.19 bits per heavy atom. The molecule has 3 heterocycles. The molecule has 1 atom stereocenters. The van der Waals surface area contributed by atoms with Gasteiger partial charge in [0.2, 0.25) is 5.91 Å². The van der Waals surface area contributed by atoms with Gasteiger partial charge in [-0.05, 0) is 35.9 Å². The van der Waals surface area contributed by atoms with Crippen LogP contribution in [0.3, 0.4) is 0 Å². The van der Waals surface area contributed by atoms with Crippen LogP contribution in [0.4, 0.5) is 5.82 Å². The minimum absolute atomic E-state index is 0.0535. The lowest BCUT2D eigenvalue weighted by atomic mass is 10.1. The molecule has 26 heavy (non-hydrogen) atoms. The van der Waals surface area contributed by atoms with E-state index in [9.17, 15) is 4.79 Å². The molecule has 1 aliphatic rings. The monoisotopic (exact) mass is 367 g/mol. The number of aromatic nitrogens is 2. The van der Waals surface area contributed by atoms with Crippen LogP contribution >= 0.6 is 11.3 Å². The molecule has 1 amide bonds. The van der Waals surface area contributed by atoms with Gasteiger partial charge in [-0.25, -0.2) is 4.68 Å². The molecule has 0 spiro atoms. The summed E-state index contributed by atoms with van der Waals surface area (Å²) in [6.45, 7) is 3.37. The molecule has 0 fully saturated rings. The lowest BCUT2D eigenvalue weighted by molar-refractivity contribution is -0.119. The number of thiophene rings is 1. The fourth-order valence-corrected chi connectivity index (χ4v) is 4.29. The summed E-state index contributed by atoms with van der Waals surface area (Å²) in [5.74, 6) is 0.654. The number of carbonyl (C=O) groups is 1. The Bertz CT molecular complexity index is 915. The van der Waals surface area contributed by atoms with Crippen LogP contribution in [-0.2, 0) is 22.5 Å². The average molecular weight is 367 g/mol. The molecule has 0 saturated carbocycles. The number of nitrogens with zero attached hydrogens (tertiary/aromatic N) is 2. The average Bonchev–Trinajstić information content (AvgIpc) is 3.25. The molecule has 5 nitrogen and oxygen atoms in total. The zero-order chi connectivity index (χ0) is 17.9. The third-order valence-electron chi connectivity index (χ3n) is 4.53. The van der Waals surface area contributed by atoms with E-state index in [0.29, 0.717) is 25.4 Å². The number of rotatable bonds is 5. The Balaban J connectivity index is 1.42. The molecule has 1 aliphatic heterocycles. The van der Waals surface area contributed by atoms with Crippen molar-refractivity contribution in [2.45, 2.75) is 32.4 Å². The first-order valence-electron chi connectivity index (χ1n) is 8.74. The van der Waals surface area contributed by atoms with Gasteiger partial charge in [-0.2, -0.15) is 5.10 Å². The molecule has 4 rings (SSSR count). The van der Waals surface area contributed by atoms with Gasteiger partial charge in [0.1, 0.15) is 11.9 Å². The van der Waals surface area contributed by atoms with Crippen LogP contribution in [0.5, 0.6) is 0 Å². The van der Waals surface area contributed by atoms with Crippen molar-refractivity contribution < 1.29 is 9.53 Å². The second-order valence-electron chi connectivity index (χ2n) is 6.53. The fourth-order valence-electron chi connectivity index (χ4n) is 3.29. The fraction of sp³-hybridized carbons (Fsp3) is 0.300. The summed E-state index contributed by atoms with van der Waals surface area (Å²) in [5, 5.41) is 9.39. The highest BCUT2D eigenvalue weighted by atomic mass is 32.1. The van der Waals surface area contributed by atoms with E-state index >= 15 is 0 Å². The molecule has 1 N–H and O–H groups in total. The van der Waals surface area contributed by atoms with Crippen LogP contribution in [0.2, 0.25) is 0 Å². The molecule has 1 unspecified atom stereocenters. The Labute approximate surface area is 156 Å². The van der Waals surface area contributed by atoms with Crippen molar-refractivity contribution in [2.24, 2.45) is 0 Å². The molecule has 0 saturated heterocycles. The molecule has 3 aromatic rings. The van der Waals surface area contributed by atoms with Crippen molar-refractivity contribution >= 4 is 23.1 Å². The first kappa shape index (κ1) is 17.0. The molecule has 0 bridgehead atoms. The number of aryl methyl sites for hydroxylation is 1. The number of carbonyl (C=O) groups excluding carboxylic acids is 1. The van der Waals surface area contributed by atoms with Gasteiger partial charge >= 0.3 is 0 Å². The molecule has 1 aromatic carbocycles. The number of fused-ring (bicyclic) bond motifs is 1. The smallest absolute Gasteiger partial charge is 0.228 e. The summed E-state index contributed by atoms with van der Waals surface area (Å²) in [4.78, 5) is 13.7. The summed E-state index contributed by atoms with van der Waals surface area (Å²) >= 11 is 1.67. The lowest BCUT2D eigenvalue weighted by Crippen LogP contribution is -2.22. The van der Waals surface area contributed by atoms with Crippen molar-refractivity contribution in [3.8, 4) is 0 Å². The third-order valence-corrected chi connectivity index (χ3v) is 5.58. The molecular formula is C20H21N3O2S. The van der Waals surface area contributed by atoms with E-state index in [1.807, 2.05) is 16.8 Å². The van der Waals surface area contributed by atoms with Crippen LogP contribution in [0.15, 0.2) is 48.0 Å². The second-order valence-corrected chi connectivity index (χ2v) is 7.48. The number of ether oxygens (including phenoxy) is 1. The number of anilines is 1. The van der Waals surface area contributed by atoms with Crippen molar-refractivity contribution in [3.05, 3.63) is 69.5 Å². The van der Waals surface area contributed by atoms with Gasteiger partial charge in [0, 0.05) is 10.9 Å². The highest BCUT2D eigenvalue weighted by molar-refractivity contribution is 7.10. The minimum Gasteiger partial charge on any atom is -0.372 e. The van der Waals surface area contributed by atoms with E-state index in [1.54, 1.807) is 17.5 Å². The maximum Gasteiger partial charge on any atom is 0.228 e. The zero-order valence-electron chi connectivity index (χ0n) is 14.6. The van der Waals surface area contributed by atoms with Gasteiger partial charge in [0.05, 0.1) is 25.8 Å². The summed E-state index contributed by atoms with van der Waals surface area (Å²) in [7, 11) is 0. The summed E-state index contributed by atoms with van der Waals surface area (Å²) < 4.78 is 7.63. The molecule has 6 heteroatoms. The molecule has 0 aliphatic carbocycles. The number of hydrogen-bond donors (Lipinski definition) is 1. The Hall–Kier alpha value is -2.44. The van der Waals surface area contributed by atoms with Crippen molar-refractivity contribution in [2.75, 3.05) is 11.9 Å². The van der Waals surface area contributed by atoms with Crippen LogP contribution in [0, 0.1) is 6.92 Å². The van der Waals surface area contributed by atoms with Crippen LogP contribution in [-0.4, -0.2) is 22.3 Å². The minimum atomic E-state index is -0.146. The van der Waals surface area contributed by atoms with Crippen LogP contribution in [0.25, 0.3) is 0 Å². The van der Waals surface area contributed by atoms with Crippen LogP contribution < -0.4 is 5.32 Å². The molecule has 2 aromatic heterocycles. The molecular weight excluding hydrogens is 346 g/mol. The van der Waals surface area contributed by atoms with Gasteiger partial charge in [-0.3, -0.25) is 4.79 Å². The van der Waals surface area contributed by atoms with E-state index < -0.39 is 0 Å². The maximum absolute atomic E-state index is 12.5. The first-order chi connectivity index (χ1) is 12.7. The molecule has 134 valence electrons. The van der Waals surface area contributed by atoms with E-state index in [0.717, 1.165) is 12.0 Å². The van der Waals surface area contributed by atoms with Crippen molar-refractivity contribution in [1.82, 2.24) is 9.78 Å². The van der Waals surface area contributed by atoms with Gasteiger partial charge in [-0.1, -0.05) is 29.8 Å². The number of amides is 1. The standard InChI is InChI=1S/C20H21N3O2S/c1-14-3-2-4-15(11-14)13-23-18(5-8-21-23)22-19(24)12-17-20-16(6-9-25-17)7-10-26-20/h2-5,7-8,10-11,17H,6,9,12-13H2,1H3,(H,22,24). The van der Waals surface area contributed by atoms with E-state index in [2.05, 4.69) is 47.0 Å². The van der Waals surface area contributed by atoms with Crippen molar-refractivity contribution in [1.29, 1.82) is 0 Å². The number of benzene rings is 1. The highest BCUT2D eigenvalue weighted by Crippen LogP contribution is 2.34. The topological polar surface area (TPSA) is 56.2 Å². The lowest BCUT2D eigenvalue weighted by Gasteiger charge is -2.22. The second kappa shape index (κ2) is 7.43. The van der Waals surface area contributed by atoms with Gasteiger partial charge in [-0.15, -0.1) is 11.3 Å². The maximum atomic E-state index is 12.5. The van der Waals surface area contributed by atoms with Crippen molar-refractivity contribution in [3.63, 3.8) is 0 Å². The van der Waals surface area contributed by atoms with Gasteiger partial charge in [0.25, 0.3) is 0 Å². The summed E-state index contributed by atoms with van der Waals surface area (Å²) in [6, 6.07) is 12.2. The predicted octanol–water partition coefficient (Wildman–Crippen LogP) is 3.94. The Morgan fingerprint density at radius 1 is 1.38 bits per heavy atom. The van der Waals surface area contributed by atoms with E-state index in [1.165, 1.54) is 16.0 Å². The van der Waals surface area contributed by atoms with Crippen LogP contribution in [0.1, 0.15) is 34.1 Å². The van der Waals surface area contributed by atoms with Gasteiger partial charge in [0.15, 0.2) is 0 Å². The predicted molar refractivity (Wildman–Crippen MR) is 102 cm³/mol. The van der Waals surface area contributed by atoms with E-state index in [4.69, 9.17) is 4.74 Å². The summed E-state index contributed by atoms with van der Waals surface area (Å²) in [6.07, 6.45) is 2.82. The SMILES string of the molecule is Cc1cccc(Cn2nccc2NC(=O)CC2OCCc3ccsc32)c1. The Kier molecular flexibility index (Phi) is 4.86. The number of hydrogen-bond acceptors (Lipinski definition) is 4. The quantitative estimate of drug-likeness (QED) is 0.743. The largest absolute Gasteiger partial charge is 0.372 e. The Morgan fingerprint density at radius 2 is 2.31 bits per heavy atom. The first-order valence-corrected chi connectivity index (χ1v) is 9.62. The zero-order valence-corrected chi connectivity index (χ0v) is 15.5. The third kappa shape index (κ3) is 3.71. The highest BCUT2D eigenvalue weighted by Gasteiger charge is 2.25.